The first-order chi connectivity index (χ1) is 18.1. The van der Waals surface area contributed by atoms with E-state index in [1.165, 1.54) is 4.57 Å². The second kappa shape index (κ2) is 10.9. The summed E-state index contributed by atoms with van der Waals surface area (Å²) in [6.07, 6.45) is 1.09. The number of piperidine rings is 1. The minimum Gasteiger partial charge on any atom is -0.497 e. The number of benzene rings is 1. The van der Waals surface area contributed by atoms with Crippen molar-refractivity contribution in [3.8, 4) is 5.75 Å². The van der Waals surface area contributed by atoms with Crippen LogP contribution in [0.3, 0.4) is 0 Å². The number of amides is 1. The number of hydrogen-bond donors (Lipinski definition) is 1. The van der Waals surface area contributed by atoms with Crippen molar-refractivity contribution in [1.29, 1.82) is 0 Å². The van der Waals surface area contributed by atoms with Crippen molar-refractivity contribution in [2.75, 3.05) is 25.5 Å². The lowest BCUT2D eigenvalue weighted by Crippen LogP contribution is -2.44. The molecule has 3 heterocycles. The van der Waals surface area contributed by atoms with Crippen LogP contribution < -0.4 is 21.3 Å². The Kier molecular flexibility index (Phi) is 7.84. The maximum atomic E-state index is 13.5. The van der Waals surface area contributed by atoms with E-state index in [2.05, 4.69) is 5.32 Å². The van der Waals surface area contributed by atoms with Gasteiger partial charge in [-0.15, -0.1) is 0 Å². The Morgan fingerprint density at radius 1 is 1.03 bits per heavy atom. The molecule has 1 N–H and O–H groups in total. The maximum absolute atomic E-state index is 13.5. The van der Waals surface area contributed by atoms with Crippen molar-refractivity contribution in [3.05, 3.63) is 50.7 Å². The summed E-state index contributed by atoms with van der Waals surface area (Å²) in [5.74, 6) is 1.27. The van der Waals surface area contributed by atoms with Gasteiger partial charge in [-0.05, 0) is 65.2 Å². The molecule has 1 amide bonds. The topological polar surface area (TPSA) is 113 Å². The van der Waals surface area contributed by atoms with E-state index in [1.807, 2.05) is 56.5 Å². The number of nitrogens with zero attached hydrogens (tertiary/aromatic N) is 5. The summed E-state index contributed by atoms with van der Waals surface area (Å²) >= 11 is 0. The first kappa shape index (κ1) is 27.3. The lowest BCUT2D eigenvalue weighted by molar-refractivity contribution is 0.0210. The minimum absolute atomic E-state index is 0.0373. The van der Waals surface area contributed by atoms with Crippen LogP contribution >= 0.6 is 0 Å². The number of carbonyl (C=O) groups excluding carboxylic acids is 1. The Bertz CT molecular complexity index is 1410. The van der Waals surface area contributed by atoms with Gasteiger partial charge in [0.05, 0.1) is 13.7 Å². The molecule has 206 valence electrons. The lowest BCUT2D eigenvalue weighted by Gasteiger charge is -2.33. The third kappa shape index (κ3) is 5.56. The summed E-state index contributed by atoms with van der Waals surface area (Å²) in [6.45, 7) is 11.4. The van der Waals surface area contributed by atoms with Gasteiger partial charge in [0.25, 0.3) is 5.56 Å². The van der Waals surface area contributed by atoms with Gasteiger partial charge >= 0.3 is 11.8 Å². The summed E-state index contributed by atoms with van der Waals surface area (Å²) in [5, 5.41) is 3.51. The zero-order valence-corrected chi connectivity index (χ0v) is 23.1. The van der Waals surface area contributed by atoms with E-state index in [4.69, 9.17) is 14.5 Å². The zero-order valence-electron chi connectivity index (χ0n) is 23.1. The van der Waals surface area contributed by atoms with Gasteiger partial charge in [-0.2, -0.15) is 4.98 Å². The van der Waals surface area contributed by atoms with Crippen LogP contribution in [0, 0.1) is 0 Å². The highest BCUT2D eigenvalue weighted by molar-refractivity contribution is 5.75. The number of methoxy groups -OCH3 is 1. The molecule has 11 nitrogen and oxygen atoms in total. The molecular weight excluding hydrogens is 488 g/mol. The number of aryl methyl sites for hydroxylation is 1. The summed E-state index contributed by atoms with van der Waals surface area (Å²) in [4.78, 5) is 45.5. The number of aromatic nitrogens is 4. The highest BCUT2D eigenvalue weighted by Crippen LogP contribution is 2.23. The van der Waals surface area contributed by atoms with Gasteiger partial charge in [0.15, 0.2) is 11.2 Å². The predicted molar refractivity (Wildman–Crippen MR) is 146 cm³/mol. The second-order valence-electron chi connectivity index (χ2n) is 10.5. The molecule has 0 radical (unpaired) electrons. The average Bonchev–Trinajstić information content (AvgIpc) is 3.22. The number of likely N-dealkylation sites (tertiary alicyclic amines) is 1. The fourth-order valence-corrected chi connectivity index (χ4v) is 4.75. The number of rotatable bonds is 7. The molecule has 1 fully saturated rings. The fraction of sp³-hybridized carbons (Fsp3) is 0.556. The van der Waals surface area contributed by atoms with Crippen LogP contribution in [0.25, 0.3) is 11.2 Å². The van der Waals surface area contributed by atoms with Crippen LogP contribution in [0.2, 0.25) is 0 Å². The molecule has 0 atom stereocenters. The summed E-state index contributed by atoms with van der Waals surface area (Å²) in [6, 6.07) is 7.68. The highest BCUT2D eigenvalue weighted by atomic mass is 16.6. The maximum Gasteiger partial charge on any atom is 0.410 e. The van der Waals surface area contributed by atoms with Gasteiger partial charge in [-0.25, -0.2) is 9.59 Å². The summed E-state index contributed by atoms with van der Waals surface area (Å²) in [5.41, 5.74) is 0.459. The highest BCUT2D eigenvalue weighted by Gasteiger charge is 2.28. The Morgan fingerprint density at radius 2 is 1.66 bits per heavy atom. The van der Waals surface area contributed by atoms with E-state index in [0.717, 1.165) is 11.3 Å². The van der Waals surface area contributed by atoms with Gasteiger partial charge in [0.1, 0.15) is 11.4 Å². The first-order valence-electron chi connectivity index (χ1n) is 13.2. The third-order valence-electron chi connectivity index (χ3n) is 6.73. The molecule has 3 aromatic rings. The van der Waals surface area contributed by atoms with E-state index in [1.54, 1.807) is 23.5 Å². The van der Waals surface area contributed by atoms with Gasteiger partial charge < -0.3 is 19.7 Å². The molecule has 4 rings (SSSR count). The number of hydrogen-bond acceptors (Lipinski definition) is 7. The average molecular weight is 527 g/mol. The molecule has 0 aliphatic carbocycles. The number of imidazole rings is 1. The first-order valence-corrected chi connectivity index (χ1v) is 13.2. The lowest BCUT2D eigenvalue weighted by atomic mass is 10.1. The van der Waals surface area contributed by atoms with Crippen LogP contribution in [-0.4, -0.2) is 61.5 Å². The molecule has 11 heteroatoms. The van der Waals surface area contributed by atoms with Crippen molar-refractivity contribution >= 4 is 23.2 Å². The van der Waals surface area contributed by atoms with Gasteiger partial charge in [-0.3, -0.25) is 18.5 Å². The Morgan fingerprint density at radius 3 is 2.21 bits per heavy atom. The van der Waals surface area contributed by atoms with Gasteiger partial charge in [0.2, 0.25) is 5.95 Å². The number of ether oxygens (including phenoxy) is 2. The molecular formula is C27H38N6O5. The molecule has 2 aromatic heterocycles. The van der Waals surface area contributed by atoms with Crippen LogP contribution in [0.15, 0.2) is 33.9 Å². The Balaban J connectivity index is 1.69. The smallest absolute Gasteiger partial charge is 0.410 e. The van der Waals surface area contributed by atoms with E-state index in [9.17, 15) is 14.4 Å². The van der Waals surface area contributed by atoms with Crippen molar-refractivity contribution in [2.45, 2.75) is 78.7 Å². The summed E-state index contributed by atoms with van der Waals surface area (Å²) in [7, 11) is 1.62. The van der Waals surface area contributed by atoms with Crippen molar-refractivity contribution in [1.82, 2.24) is 23.6 Å². The molecule has 1 aromatic carbocycles. The SMILES string of the molecule is CCn1c(=O)c2c(nc(NC3CCN(C(=O)OC(C)(C)C)CC3)n2Cc2ccc(OC)cc2)n(CC)c1=O. The molecule has 1 aliphatic rings. The molecule has 1 aliphatic heterocycles. The van der Waals surface area contributed by atoms with Crippen LogP contribution in [0.4, 0.5) is 10.7 Å². The fourth-order valence-electron chi connectivity index (χ4n) is 4.75. The number of nitrogens with one attached hydrogen (secondary N) is 1. The van der Waals surface area contributed by atoms with E-state index < -0.39 is 5.60 Å². The molecule has 0 bridgehead atoms. The number of fused-ring (bicyclic) bond motifs is 1. The second-order valence-corrected chi connectivity index (χ2v) is 10.5. The van der Waals surface area contributed by atoms with Crippen molar-refractivity contribution < 1.29 is 14.3 Å². The van der Waals surface area contributed by atoms with Gasteiger partial charge in [0, 0.05) is 32.2 Å². The van der Waals surface area contributed by atoms with Crippen LogP contribution in [0.5, 0.6) is 5.75 Å². The Labute approximate surface area is 222 Å². The zero-order chi connectivity index (χ0) is 27.6. The largest absolute Gasteiger partial charge is 0.497 e. The normalized spacial score (nSPS) is 14.6. The third-order valence-corrected chi connectivity index (χ3v) is 6.73. The quantitative estimate of drug-likeness (QED) is 0.503. The molecule has 0 saturated carbocycles. The van der Waals surface area contributed by atoms with E-state index in [-0.39, 0.29) is 29.9 Å². The number of anilines is 1. The van der Waals surface area contributed by atoms with Gasteiger partial charge in [-0.1, -0.05) is 12.1 Å². The number of carbonyl (C=O) groups is 1. The monoisotopic (exact) mass is 526 g/mol. The molecule has 0 spiro atoms. The Hall–Kier alpha value is -3.76. The van der Waals surface area contributed by atoms with E-state index in [0.29, 0.717) is 56.1 Å². The van der Waals surface area contributed by atoms with E-state index >= 15 is 0 Å². The standard InChI is InChI=1S/C27H38N6O5/c1-7-31-22-21(23(34)32(8-2)25(31)35)33(17-18-9-11-20(37-6)12-10-18)24(29-22)28-19-13-15-30(16-14-19)26(36)38-27(3,4)5/h9-12,19H,7-8,13-17H2,1-6H3,(H,28,29). The minimum atomic E-state index is -0.543. The van der Waals surface area contributed by atoms with Crippen molar-refractivity contribution in [2.24, 2.45) is 0 Å². The predicted octanol–water partition coefficient (Wildman–Crippen LogP) is 3.27. The van der Waals surface area contributed by atoms with Crippen molar-refractivity contribution in [3.63, 3.8) is 0 Å². The van der Waals surface area contributed by atoms with Crippen LogP contribution in [0.1, 0.15) is 53.0 Å². The summed E-state index contributed by atoms with van der Waals surface area (Å²) < 4.78 is 15.5. The molecule has 1 saturated heterocycles. The molecule has 0 unspecified atom stereocenters. The van der Waals surface area contributed by atoms with Crippen LogP contribution in [-0.2, 0) is 24.4 Å². The molecule has 38 heavy (non-hydrogen) atoms.